The van der Waals surface area contributed by atoms with Crippen LogP contribution in [0.1, 0.15) is 20.7 Å². The first-order valence-electron chi connectivity index (χ1n) is 5.92. The number of anilines is 2. The van der Waals surface area contributed by atoms with E-state index in [9.17, 15) is 14.0 Å². The van der Waals surface area contributed by atoms with Crippen LogP contribution >= 0.6 is 0 Å². The molecule has 0 atom stereocenters. The van der Waals surface area contributed by atoms with E-state index >= 15 is 0 Å². The summed E-state index contributed by atoms with van der Waals surface area (Å²) in [6, 6.07) is 9.78. The SMILES string of the molecule is Nc1ccccc1NC(=O)c1ccc(C(=O)NO)cc1F. The van der Waals surface area contributed by atoms with Crippen molar-refractivity contribution in [2.24, 2.45) is 0 Å². The summed E-state index contributed by atoms with van der Waals surface area (Å²) >= 11 is 0. The molecule has 0 heterocycles. The van der Waals surface area contributed by atoms with Crippen LogP contribution < -0.4 is 16.5 Å². The van der Waals surface area contributed by atoms with Crippen LogP contribution in [0.5, 0.6) is 0 Å². The predicted octanol–water partition coefficient (Wildman–Crippen LogP) is 1.78. The van der Waals surface area contributed by atoms with Crippen molar-refractivity contribution in [2.75, 3.05) is 11.1 Å². The summed E-state index contributed by atoms with van der Waals surface area (Å²) in [5, 5.41) is 10.9. The number of hydroxylamine groups is 1. The molecule has 0 saturated carbocycles. The highest BCUT2D eigenvalue weighted by atomic mass is 19.1. The maximum atomic E-state index is 13.8. The first-order chi connectivity index (χ1) is 10.0. The second kappa shape index (κ2) is 6.02. The van der Waals surface area contributed by atoms with E-state index in [2.05, 4.69) is 5.32 Å². The lowest BCUT2D eigenvalue weighted by atomic mass is 10.1. The molecule has 108 valence electrons. The monoisotopic (exact) mass is 289 g/mol. The van der Waals surface area contributed by atoms with Gasteiger partial charge in [-0.1, -0.05) is 12.1 Å². The first-order valence-corrected chi connectivity index (χ1v) is 5.92. The zero-order valence-electron chi connectivity index (χ0n) is 10.8. The number of nitrogens with one attached hydrogen (secondary N) is 2. The molecule has 2 aromatic carbocycles. The van der Waals surface area contributed by atoms with Crippen molar-refractivity contribution in [3.8, 4) is 0 Å². The lowest BCUT2D eigenvalue weighted by Gasteiger charge is -2.09. The number of amides is 2. The van der Waals surface area contributed by atoms with Gasteiger partial charge in [0.15, 0.2) is 0 Å². The molecule has 0 aliphatic carbocycles. The van der Waals surface area contributed by atoms with Crippen LogP contribution in [-0.4, -0.2) is 17.0 Å². The molecule has 0 bridgehead atoms. The number of carbonyl (C=O) groups excluding carboxylic acids is 2. The molecule has 0 aliphatic rings. The number of para-hydroxylation sites is 2. The van der Waals surface area contributed by atoms with Gasteiger partial charge in [0.1, 0.15) is 5.82 Å². The van der Waals surface area contributed by atoms with Crippen LogP contribution in [0.2, 0.25) is 0 Å². The van der Waals surface area contributed by atoms with Crippen molar-refractivity contribution < 1.29 is 19.2 Å². The summed E-state index contributed by atoms with van der Waals surface area (Å²) in [6.07, 6.45) is 0. The topological polar surface area (TPSA) is 104 Å². The van der Waals surface area contributed by atoms with Crippen molar-refractivity contribution in [3.05, 3.63) is 59.4 Å². The summed E-state index contributed by atoms with van der Waals surface area (Å²) in [7, 11) is 0. The molecule has 0 aliphatic heterocycles. The lowest BCUT2D eigenvalue weighted by Crippen LogP contribution is -2.20. The van der Waals surface area contributed by atoms with Gasteiger partial charge in [-0.25, -0.2) is 9.87 Å². The highest BCUT2D eigenvalue weighted by Gasteiger charge is 2.15. The van der Waals surface area contributed by atoms with Gasteiger partial charge in [-0.2, -0.15) is 0 Å². The van der Waals surface area contributed by atoms with Gasteiger partial charge in [-0.05, 0) is 30.3 Å². The molecule has 21 heavy (non-hydrogen) atoms. The maximum Gasteiger partial charge on any atom is 0.274 e. The van der Waals surface area contributed by atoms with Crippen molar-refractivity contribution in [2.45, 2.75) is 0 Å². The van der Waals surface area contributed by atoms with E-state index in [0.717, 1.165) is 12.1 Å². The normalized spacial score (nSPS) is 10.0. The van der Waals surface area contributed by atoms with Gasteiger partial charge >= 0.3 is 0 Å². The quantitative estimate of drug-likeness (QED) is 0.392. The Balaban J connectivity index is 2.24. The molecule has 2 aromatic rings. The molecule has 5 N–H and O–H groups in total. The van der Waals surface area contributed by atoms with E-state index in [-0.39, 0.29) is 11.1 Å². The van der Waals surface area contributed by atoms with Gasteiger partial charge in [0.25, 0.3) is 11.8 Å². The van der Waals surface area contributed by atoms with Crippen molar-refractivity contribution in [1.29, 1.82) is 0 Å². The summed E-state index contributed by atoms with van der Waals surface area (Å²) in [4.78, 5) is 23.1. The van der Waals surface area contributed by atoms with Crippen LogP contribution in [-0.2, 0) is 0 Å². The molecule has 0 fully saturated rings. The van der Waals surface area contributed by atoms with Gasteiger partial charge in [-0.15, -0.1) is 0 Å². The maximum absolute atomic E-state index is 13.8. The molecule has 2 rings (SSSR count). The number of carbonyl (C=O) groups is 2. The minimum Gasteiger partial charge on any atom is -0.397 e. The lowest BCUT2D eigenvalue weighted by molar-refractivity contribution is 0.0705. The third-order valence-electron chi connectivity index (χ3n) is 2.79. The average Bonchev–Trinajstić information content (AvgIpc) is 2.48. The number of nitrogen functional groups attached to an aromatic ring is 1. The molecule has 0 radical (unpaired) electrons. The molecular weight excluding hydrogens is 277 g/mol. The number of nitrogens with two attached hydrogens (primary N) is 1. The van der Waals surface area contributed by atoms with Crippen LogP contribution in [0, 0.1) is 5.82 Å². The Morgan fingerprint density at radius 3 is 2.43 bits per heavy atom. The fourth-order valence-electron chi connectivity index (χ4n) is 1.71. The fraction of sp³-hybridized carbons (Fsp3) is 0. The molecular formula is C14H12FN3O3. The second-order valence-corrected chi connectivity index (χ2v) is 4.18. The fourth-order valence-corrected chi connectivity index (χ4v) is 1.71. The van der Waals surface area contributed by atoms with Crippen molar-refractivity contribution in [1.82, 2.24) is 5.48 Å². The van der Waals surface area contributed by atoms with Gasteiger partial charge in [-0.3, -0.25) is 14.8 Å². The van der Waals surface area contributed by atoms with E-state index in [1.54, 1.807) is 24.3 Å². The van der Waals surface area contributed by atoms with Crippen molar-refractivity contribution in [3.63, 3.8) is 0 Å². The summed E-state index contributed by atoms with van der Waals surface area (Å²) in [5.74, 6) is -2.45. The Morgan fingerprint density at radius 2 is 1.81 bits per heavy atom. The second-order valence-electron chi connectivity index (χ2n) is 4.18. The number of benzene rings is 2. The standard InChI is InChI=1S/C14H12FN3O3/c15-10-7-8(13(19)18-21)5-6-9(10)14(20)17-12-4-2-1-3-11(12)16/h1-7,21H,16H2,(H,17,20)(H,18,19). The number of rotatable bonds is 3. The van der Waals surface area contributed by atoms with Crippen LogP contribution in [0.4, 0.5) is 15.8 Å². The zero-order valence-corrected chi connectivity index (χ0v) is 10.8. The molecule has 6 nitrogen and oxygen atoms in total. The van der Waals surface area contributed by atoms with E-state index < -0.39 is 17.6 Å². The van der Waals surface area contributed by atoms with E-state index in [0.29, 0.717) is 11.4 Å². The Morgan fingerprint density at radius 1 is 1.10 bits per heavy atom. The van der Waals surface area contributed by atoms with Gasteiger partial charge in [0.05, 0.1) is 16.9 Å². The molecule has 0 saturated heterocycles. The highest BCUT2D eigenvalue weighted by Crippen LogP contribution is 2.19. The van der Waals surface area contributed by atoms with Gasteiger partial charge in [0.2, 0.25) is 0 Å². The van der Waals surface area contributed by atoms with Gasteiger partial charge < -0.3 is 11.1 Å². The van der Waals surface area contributed by atoms with Gasteiger partial charge in [0, 0.05) is 5.56 Å². The molecule has 0 spiro atoms. The predicted molar refractivity (Wildman–Crippen MR) is 74.5 cm³/mol. The molecule has 2 amide bonds. The number of hydrogen-bond acceptors (Lipinski definition) is 4. The summed E-state index contributed by atoms with van der Waals surface area (Å²) in [5.41, 5.74) is 7.42. The summed E-state index contributed by atoms with van der Waals surface area (Å²) in [6.45, 7) is 0. The largest absolute Gasteiger partial charge is 0.397 e. The molecule has 7 heteroatoms. The Bertz CT molecular complexity index is 704. The molecule has 0 unspecified atom stereocenters. The van der Waals surface area contributed by atoms with E-state index in [1.165, 1.54) is 11.5 Å². The average molecular weight is 289 g/mol. The Labute approximate surface area is 119 Å². The van der Waals surface area contributed by atoms with E-state index in [1.807, 2.05) is 0 Å². The highest BCUT2D eigenvalue weighted by molar-refractivity contribution is 6.06. The molecule has 0 aromatic heterocycles. The minimum absolute atomic E-state index is 0.106. The zero-order chi connectivity index (χ0) is 15.4. The van der Waals surface area contributed by atoms with Crippen LogP contribution in [0.25, 0.3) is 0 Å². The summed E-state index contributed by atoms with van der Waals surface area (Å²) < 4.78 is 13.8. The minimum atomic E-state index is -0.886. The number of hydrogen-bond donors (Lipinski definition) is 4. The van der Waals surface area contributed by atoms with E-state index in [4.69, 9.17) is 10.9 Å². The third-order valence-corrected chi connectivity index (χ3v) is 2.79. The smallest absolute Gasteiger partial charge is 0.274 e. The third kappa shape index (κ3) is 3.15. The Kier molecular flexibility index (Phi) is 4.15. The Hall–Kier alpha value is -2.93. The van der Waals surface area contributed by atoms with Crippen LogP contribution in [0.15, 0.2) is 42.5 Å². The number of halogens is 1. The van der Waals surface area contributed by atoms with Crippen LogP contribution in [0.3, 0.4) is 0 Å². The first kappa shape index (κ1) is 14.5. The van der Waals surface area contributed by atoms with Crippen molar-refractivity contribution >= 4 is 23.2 Å².